The Morgan fingerprint density at radius 3 is 2.33 bits per heavy atom. The van der Waals surface area contributed by atoms with Gasteiger partial charge in [0, 0.05) is 17.3 Å². The third-order valence-electron chi connectivity index (χ3n) is 3.30. The van der Waals surface area contributed by atoms with Gasteiger partial charge in [0.15, 0.2) is 0 Å². The van der Waals surface area contributed by atoms with Crippen molar-refractivity contribution < 1.29 is 0 Å². The summed E-state index contributed by atoms with van der Waals surface area (Å²) in [6.07, 6.45) is 3.45. The van der Waals surface area contributed by atoms with E-state index in [0.717, 1.165) is 19.5 Å². The van der Waals surface area contributed by atoms with Gasteiger partial charge in [0.05, 0.1) is 10.7 Å². The van der Waals surface area contributed by atoms with Crippen LogP contribution in [-0.2, 0) is 13.0 Å². The highest BCUT2D eigenvalue weighted by molar-refractivity contribution is 7.11. The minimum absolute atomic E-state index is 0.652. The first-order valence-corrected chi connectivity index (χ1v) is 8.13. The van der Waals surface area contributed by atoms with Gasteiger partial charge in [-0.15, -0.1) is 11.3 Å². The molecule has 0 amide bonds. The minimum Gasteiger partial charge on any atom is -0.312 e. The predicted octanol–water partition coefficient (Wildman–Crippen LogP) is 4.35. The monoisotopic (exact) mass is 268 g/mol. The number of aryl methyl sites for hydroxylation is 1. The fraction of sp³-hybridized carbons (Fsp3) is 0.800. The Labute approximate surface area is 116 Å². The number of nitrogens with one attached hydrogen (secondary N) is 1. The molecule has 1 aromatic heterocycles. The summed E-state index contributed by atoms with van der Waals surface area (Å²) in [6, 6.07) is 0. The van der Waals surface area contributed by atoms with E-state index in [1.54, 1.807) is 0 Å². The van der Waals surface area contributed by atoms with Crippen LogP contribution in [0.4, 0.5) is 0 Å². The van der Waals surface area contributed by atoms with Crippen LogP contribution in [0.2, 0.25) is 0 Å². The van der Waals surface area contributed by atoms with Crippen molar-refractivity contribution in [1.82, 2.24) is 10.3 Å². The van der Waals surface area contributed by atoms with E-state index in [1.807, 2.05) is 11.3 Å². The predicted molar refractivity (Wildman–Crippen MR) is 81.4 cm³/mol. The Kier molecular flexibility index (Phi) is 6.87. The maximum absolute atomic E-state index is 4.85. The lowest BCUT2D eigenvalue weighted by atomic mass is 10.1. The number of rotatable bonds is 8. The van der Waals surface area contributed by atoms with Gasteiger partial charge in [0.2, 0.25) is 0 Å². The second-order valence-electron chi connectivity index (χ2n) is 5.31. The van der Waals surface area contributed by atoms with Crippen LogP contribution in [0.15, 0.2) is 0 Å². The molecule has 1 N–H and O–H groups in total. The van der Waals surface area contributed by atoms with Crippen LogP contribution in [0.1, 0.15) is 69.0 Å². The van der Waals surface area contributed by atoms with Crippen molar-refractivity contribution in [3.05, 3.63) is 15.6 Å². The first kappa shape index (κ1) is 15.6. The molecule has 1 rings (SSSR count). The van der Waals surface area contributed by atoms with E-state index in [1.165, 1.54) is 28.4 Å². The molecule has 0 aliphatic heterocycles. The highest BCUT2D eigenvalue weighted by Gasteiger charge is 2.15. The van der Waals surface area contributed by atoms with Crippen molar-refractivity contribution in [2.24, 2.45) is 5.92 Å². The van der Waals surface area contributed by atoms with Gasteiger partial charge in [-0.25, -0.2) is 4.98 Å². The number of hydrogen-bond donors (Lipinski definition) is 1. The van der Waals surface area contributed by atoms with Crippen molar-refractivity contribution in [3.63, 3.8) is 0 Å². The van der Waals surface area contributed by atoms with Gasteiger partial charge in [0.25, 0.3) is 0 Å². The van der Waals surface area contributed by atoms with Crippen LogP contribution in [0.25, 0.3) is 0 Å². The number of thiazole rings is 1. The molecule has 0 saturated heterocycles. The molecular formula is C15H28N2S. The van der Waals surface area contributed by atoms with Crippen LogP contribution >= 0.6 is 11.3 Å². The quantitative estimate of drug-likeness (QED) is 0.758. The summed E-state index contributed by atoms with van der Waals surface area (Å²) in [4.78, 5) is 6.29. The zero-order valence-corrected chi connectivity index (χ0v) is 13.4. The zero-order valence-electron chi connectivity index (χ0n) is 12.5. The standard InChI is InChI=1S/C15H28N2S/c1-6-12(7-2)15-17-13(8-3)14(18-15)10-16-9-11(4)5/h11-12,16H,6-10H2,1-5H3. The molecule has 0 aliphatic rings. The van der Waals surface area contributed by atoms with E-state index in [4.69, 9.17) is 4.98 Å². The summed E-state index contributed by atoms with van der Waals surface area (Å²) in [5.74, 6) is 1.36. The molecule has 0 saturated carbocycles. The van der Waals surface area contributed by atoms with E-state index >= 15 is 0 Å². The van der Waals surface area contributed by atoms with Gasteiger partial charge in [-0.05, 0) is 31.7 Å². The molecule has 0 unspecified atom stereocenters. The van der Waals surface area contributed by atoms with Gasteiger partial charge >= 0.3 is 0 Å². The topological polar surface area (TPSA) is 24.9 Å². The third kappa shape index (κ3) is 4.36. The molecule has 0 atom stereocenters. The SMILES string of the molecule is CCc1nc(C(CC)CC)sc1CNCC(C)C. The van der Waals surface area contributed by atoms with E-state index in [9.17, 15) is 0 Å². The molecule has 0 aliphatic carbocycles. The van der Waals surface area contributed by atoms with Crippen molar-refractivity contribution >= 4 is 11.3 Å². The molecule has 0 spiro atoms. The Morgan fingerprint density at radius 1 is 1.17 bits per heavy atom. The molecule has 18 heavy (non-hydrogen) atoms. The van der Waals surface area contributed by atoms with Gasteiger partial charge in [-0.3, -0.25) is 0 Å². The average molecular weight is 268 g/mol. The van der Waals surface area contributed by atoms with Crippen molar-refractivity contribution in [3.8, 4) is 0 Å². The number of nitrogens with zero attached hydrogens (tertiary/aromatic N) is 1. The van der Waals surface area contributed by atoms with Crippen molar-refractivity contribution in [2.75, 3.05) is 6.54 Å². The highest BCUT2D eigenvalue weighted by Crippen LogP contribution is 2.29. The zero-order chi connectivity index (χ0) is 13.5. The van der Waals surface area contributed by atoms with E-state index < -0.39 is 0 Å². The number of aromatic nitrogens is 1. The van der Waals surface area contributed by atoms with E-state index in [2.05, 4.69) is 39.9 Å². The van der Waals surface area contributed by atoms with E-state index in [0.29, 0.717) is 11.8 Å². The maximum Gasteiger partial charge on any atom is 0.0962 e. The molecular weight excluding hydrogens is 240 g/mol. The second-order valence-corrected chi connectivity index (χ2v) is 6.43. The van der Waals surface area contributed by atoms with Crippen molar-refractivity contribution in [1.29, 1.82) is 0 Å². The summed E-state index contributed by atoms with van der Waals surface area (Å²) in [7, 11) is 0. The third-order valence-corrected chi connectivity index (χ3v) is 4.56. The highest BCUT2D eigenvalue weighted by atomic mass is 32.1. The van der Waals surface area contributed by atoms with E-state index in [-0.39, 0.29) is 0 Å². The first-order valence-electron chi connectivity index (χ1n) is 7.31. The normalized spacial score (nSPS) is 11.7. The van der Waals surface area contributed by atoms with Gasteiger partial charge < -0.3 is 5.32 Å². The molecule has 0 radical (unpaired) electrons. The maximum atomic E-state index is 4.85. The molecule has 0 bridgehead atoms. The van der Waals surface area contributed by atoms with Gasteiger partial charge in [-0.1, -0.05) is 34.6 Å². The Bertz CT molecular complexity index is 340. The number of hydrogen-bond acceptors (Lipinski definition) is 3. The molecule has 1 heterocycles. The molecule has 104 valence electrons. The lowest BCUT2D eigenvalue weighted by molar-refractivity contribution is 0.553. The Balaban J connectivity index is 2.71. The van der Waals surface area contributed by atoms with Crippen LogP contribution in [0, 0.1) is 5.92 Å². The summed E-state index contributed by atoms with van der Waals surface area (Å²) in [6.45, 7) is 13.3. The van der Waals surface area contributed by atoms with Crippen LogP contribution in [-0.4, -0.2) is 11.5 Å². The fourth-order valence-corrected chi connectivity index (χ4v) is 3.49. The summed E-state index contributed by atoms with van der Waals surface area (Å²) in [5.41, 5.74) is 1.30. The minimum atomic E-state index is 0.652. The summed E-state index contributed by atoms with van der Waals surface area (Å²) in [5, 5.41) is 4.88. The Morgan fingerprint density at radius 2 is 1.83 bits per heavy atom. The van der Waals surface area contributed by atoms with Crippen LogP contribution in [0.3, 0.4) is 0 Å². The fourth-order valence-electron chi connectivity index (χ4n) is 2.10. The molecule has 0 aromatic carbocycles. The van der Waals surface area contributed by atoms with Gasteiger partial charge in [0.1, 0.15) is 0 Å². The molecule has 1 aromatic rings. The lowest BCUT2D eigenvalue weighted by Crippen LogP contribution is -2.18. The largest absolute Gasteiger partial charge is 0.312 e. The summed E-state index contributed by atoms with van der Waals surface area (Å²) < 4.78 is 0. The van der Waals surface area contributed by atoms with Gasteiger partial charge in [-0.2, -0.15) is 0 Å². The average Bonchev–Trinajstić information content (AvgIpc) is 2.73. The smallest absolute Gasteiger partial charge is 0.0962 e. The lowest BCUT2D eigenvalue weighted by Gasteiger charge is -2.07. The second kappa shape index (κ2) is 7.90. The van der Waals surface area contributed by atoms with Crippen LogP contribution in [0.5, 0.6) is 0 Å². The molecule has 2 nitrogen and oxygen atoms in total. The van der Waals surface area contributed by atoms with Crippen LogP contribution < -0.4 is 5.32 Å². The Hall–Kier alpha value is -0.410. The first-order chi connectivity index (χ1) is 8.62. The molecule has 3 heteroatoms. The molecule has 0 fully saturated rings. The van der Waals surface area contributed by atoms with Crippen molar-refractivity contribution in [2.45, 2.75) is 66.3 Å². The summed E-state index contributed by atoms with van der Waals surface area (Å²) >= 11 is 1.92.